The summed E-state index contributed by atoms with van der Waals surface area (Å²) in [4.78, 5) is 37.5. The van der Waals surface area contributed by atoms with Crippen LogP contribution in [0, 0.1) is 10.1 Å². The SMILES string of the molecule is CC(Sc1cccc(NC(=O)c2cccc([N+](=O)[O-])c2)c1)C(=O)n1c2ccccc2c2ccccc21. The molecule has 5 rings (SSSR count). The molecule has 178 valence electrons. The van der Waals surface area contributed by atoms with Crippen LogP contribution in [0.15, 0.2) is 102 Å². The van der Waals surface area contributed by atoms with E-state index in [1.807, 2.05) is 61.5 Å². The normalized spacial score (nSPS) is 11.9. The summed E-state index contributed by atoms with van der Waals surface area (Å²) >= 11 is 1.40. The average molecular weight is 496 g/mol. The van der Waals surface area contributed by atoms with Gasteiger partial charge in [0.1, 0.15) is 0 Å². The Kier molecular flexibility index (Phi) is 6.26. The van der Waals surface area contributed by atoms with E-state index in [4.69, 9.17) is 0 Å². The molecule has 0 fully saturated rings. The van der Waals surface area contributed by atoms with Gasteiger partial charge in [0.05, 0.1) is 21.2 Å². The molecule has 4 aromatic carbocycles. The molecular formula is C28H21N3O4S. The standard InChI is InChI=1S/C28H21N3O4S/c1-18(28(33)30-25-14-4-2-12-23(25)24-13-3-5-15-26(24)30)36-22-11-7-9-20(17-22)29-27(32)19-8-6-10-21(16-19)31(34)35/h2-18H,1H3,(H,29,32). The lowest BCUT2D eigenvalue weighted by atomic mass is 10.2. The number of hydrogen-bond donors (Lipinski definition) is 1. The number of para-hydroxylation sites is 2. The highest BCUT2D eigenvalue weighted by Gasteiger charge is 2.22. The Morgan fingerprint density at radius 1 is 0.861 bits per heavy atom. The second-order valence-corrected chi connectivity index (χ2v) is 9.67. The Bertz CT molecular complexity index is 1590. The maximum Gasteiger partial charge on any atom is 0.270 e. The van der Waals surface area contributed by atoms with Crippen molar-refractivity contribution in [3.63, 3.8) is 0 Å². The lowest BCUT2D eigenvalue weighted by Gasteiger charge is -2.14. The highest BCUT2D eigenvalue weighted by atomic mass is 32.2. The number of non-ortho nitro benzene ring substituents is 1. The number of benzene rings is 4. The van der Waals surface area contributed by atoms with Crippen molar-refractivity contribution in [1.82, 2.24) is 4.57 Å². The first-order chi connectivity index (χ1) is 17.4. The molecule has 0 saturated carbocycles. The first kappa shape index (κ1) is 23.3. The Balaban J connectivity index is 1.37. The number of nitro groups is 1. The highest BCUT2D eigenvalue weighted by Crippen LogP contribution is 2.32. The maximum absolute atomic E-state index is 13.6. The molecule has 1 heterocycles. The minimum absolute atomic E-state index is 0.0385. The summed E-state index contributed by atoms with van der Waals surface area (Å²) in [7, 11) is 0. The van der Waals surface area contributed by atoms with Gasteiger partial charge in [-0.05, 0) is 43.3 Å². The largest absolute Gasteiger partial charge is 0.322 e. The fourth-order valence-electron chi connectivity index (χ4n) is 4.21. The van der Waals surface area contributed by atoms with Gasteiger partial charge >= 0.3 is 0 Å². The van der Waals surface area contributed by atoms with Gasteiger partial charge in [-0.2, -0.15) is 0 Å². The van der Waals surface area contributed by atoms with E-state index in [9.17, 15) is 19.7 Å². The van der Waals surface area contributed by atoms with Gasteiger partial charge in [-0.3, -0.25) is 24.3 Å². The summed E-state index contributed by atoms with van der Waals surface area (Å²) in [5, 5.41) is 15.5. The van der Waals surface area contributed by atoms with E-state index >= 15 is 0 Å². The van der Waals surface area contributed by atoms with Crippen molar-refractivity contribution >= 4 is 56.8 Å². The molecule has 0 aliphatic rings. The number of nitrogens with zero attached hydrogens (tertiary/aromatic N) is 2. The summed E-state index contributed by atoms with van der Waals surface area (Å²) in [5.74, 6) is -0.487. The number of hydrogen-bond acceptors (Lipinski definition) is 5. The predicted octanol–water partition coefficient (Wildman–Crippen LogP) is 6.78. The Hall–Kier alpha value is -4.43. The molecule has 0 radical (unpaired) electrons. The van der Waals surface area contributed by atoms with Crippen molar-refractivity contribution in [2.24, 2.45) is 0 Å². The van der Waals surface area contributed by atoms with E-state index in [0.717, 1.165) is 26.7 Å². The van der Waals surface area contributed by atoms with Crippen LogP contribution in [-0.4, -0.2) is 26.6 Å². The van der Waals surface area contributed by atoms with Gasteiger partial charge in [0, 0.05) is 39.1 Å². The average Bonchev–Trinajstić information content (AvgIpc) is 3.23. The maximum atomic E-state index is 13.6. The first-order valence-corrected chi connectivity index (χ1v) is 12.2. The number of nitrogens with one attached hydrogen (secondary N) is 1. The predicted molar refractivity (Wildman–Crippen MR) is 143 cm³/mol. The first-order valence-electron chi connectivity index (χ1n) is 11.3. The van der Waals surface area contributed by atoms with Gasteiger partial charge in [0.25, 0.3) is 11.6 Å². The van der Waals surface area contributed by atoms with Gasteiger partial charge in [-0.25, -0.2) is 0 Å². The molecule has 0 aliphatic carbocycles. The monoisotopic (exact) mass is 495 g/mol. The lowest BCUT2D eigenvalue weighted by Crippen LogP contribution is -2.21. The van der Waals surface area contributed by atoms with Crippen LogP contribution < -0.4 is 5.32 Å². The van der Waals surface area contributed by atoms with E-state index in [0.29, 0.717) is 5.69 Å². The molecule has 0 bridgehead atoms. The summed E-state index contributed by atoms with van der Waals surface area (Å²) in [6, 6.07) is 28.5. The topological polar surface area (TPSA) is 94.2 Å². The van der Waals surface area contributed by atoms with Gasteiger partial charge in [0.15, 0.2) is 0 Å². The molecule has 7 nitrogen and oxygen atoms in total. The molecule has 0 saturated heterocycles. The quantitative estimate of drug-likeness (QED) is 0.159. The number of aromatic nitrogens is 1. The number of carbonyl (C=O) groups excluding carboxylic acids is 2. The van der Waals surface area contributed by atoms with Crippen LogP contribution >= 0.6 is 11.8 Å². The second kappa shape index (κ2) is 9.67. The zero-order valence-electron chi connectivity index (χ0n) is 19.3. The highest BCUT2D eigenvalue weighted by molar-refractivity contribution is 8.00. The smallest absolute Gasteiger partial charge is 0.270 e. The lowest BCUT2D eigenvalue weighted by molar-refractivity contribution is -0.384. The number of carbonyl (C=O) groups is 2. The number of nitro benzene ring substituents is 1. The van der Waals surface area contributed by atoms with Crippen molar-refractivity contribution < 1.29 is 14.5 Å². The summed E-state index contributed by atoms with van der Waals surface area (Å²) in [6.45, 7) is 1.87. The Morgan fingerprint density at radius 3 is 2.17 bits per heavy atom. The van der Waals surface area contributed by atoms with Crippen LogP contribution in [0.1, 0.15) is 22.1 Å². The molecule has 1 amide bonds. The minimum atomic E-state index is -0.538. The minimum Gasteiger partial charge on any atom is -0.322 e. The summed E-state index contributed by atoms with van der Waals surface area (Å²) in [5.41, 5.74) is 2.32. The molecular weight excluding hydrogens is 474 g/mol. The number of fused-ring (bicyclic) bond motifs is 3. The van der Waals surface area contributed by atoms with Gasteiger partial charge < -0.3 is 5.32 Å². The molecule has 0 spiro atoms. The zero-order valence-corrected chi connectivity index (χ0v) is 20.1. The van der Waals surface area contributed by atoms with Gasteiger partial charge in [0.2, 0.25) is 5.91 Å². The van der Waals surface area contributed by atoms with Crippen LogP contribution in [0.3, 0.4) is 0 Å². The van der Waals surface area contributed by atoms with E-state index in [1.165, 1.54) is 36.0 Å². The van der Waals surface area contributed by atoms with Crippen molar-refractivity contribution in [1.29, 1.82) is 0 Å². The van der Waals surface area contributed by atoms with E-state index in [-0.39, 0.29) is 17.2 Å². The van der Waals surface area contributed by atoms with Gasteiger partial charge in [-0.1, -0.05) is 48.5 Å². The summed E-state index contributed by atoms with van der Waals surface area (Å²) in [6.07, 6.45) is 0. The number of thioether (sulfide) groups is 1. The van der Waals surface area contributed by atoms with Crippen molar-refractivity contribution in [2.75, 3.05) is 5.32 Å². The Morgan fingerprint density at radius 2 is 1.50 bits per heavy atom. The van der Waals surface area contributed by atoms with Crippen LogP contribution in [0.25, 0.3) is 21.8 Å². The van der Waals surface area contributed by atoms with E-state index < -0.39 is 16.1 Å². The second-order valence-electron chi connectivity index (χ2n) is 8.26. The van der Waals surface area contributed by atoms with Gasteiger partial charge in [-0.15, -0.1) is 11.8 Å². The van der Waals surface area contributed by atoms with Crippen molar-refractivity contribution in [3.05, 3.63) is 113 Å². The van der Waals surface area contributed by atoms with Crippen LogP contribution in [0.2, 0.25) is 0 Å². The van der Waals surface area contributed by atoms with Crippen molar-refractivity contribution in [3.8, 4) is 0 Å². The zero-order chi connectivity index (χ0) is 25.2. The number of amides is 1. The molecule has 36 heavy (non-hydrogen) atoms. The molecule has 8 heteroatoms. The van der Waals surface area contributed by atoms with Crippen LogP contribution in [0.5, 0.6) is 0 Å². The van der Waals surface area contributed by atoms with E-state index in [1.54, 1.807) is 22.8 Å². The number of rotatable bonds is 6. The molecule has 1 unspecified atom stereocenters. The summed E-state index contributed by atoms with van der Waals surface area (Å²) < 4.78 is 1.77. The fraction of sp³-hybridized carbons (Fsp3) is 0.0714. The van der Waals surface area contributed by atoms with Crippen molar-refractivity contribution in [2.45, 2.75) is 17.1 Å². The Labute approximate surface area is 210 Å². The number of anilines is 1. The third-order valence-electron chi connectivity index (χ3n) is 5.87. The third-order valence-corrected chi connectivity index (χ3v) is 6.95. The van der Waals surface area contributed by atoms with E-state index in [2.05, 4.69) is 5.32 Å². The van der Waals surface area contributed by atoms with Crippen LogP contribution in [-0.2, 0) is 0 Å². The molecule has 1 atom stereocenters. The molecule has 5 aromatic rings. The molecule has 1 aromatic heterocycles. The third kappa shape index (κ3) is 4.46. The molecule has 0 aliphatic heterocycles. The molecule has 1 N–H and O–H groups in total. The van der Waals surface area contributed by atoms with Crippen LogP contribution in [0.4, 0.5) is 11.4 Å². The fourth-order valence-corrected chi connectivity index (χ4v) is 5.17.